The molecule has 112 valence electrons. The van der Waals surface area contributed by atoms with Gasteiger partial charge in [-0.15, -0.1) is 0 Å². The summed E-state index contributed by atoms with van der Waals surface area (Å²) in [4.78, 5) is 17.7. The molecule has 1 N–H and O–H groups in total. The van der Waals surface area contributed by atoms with E-state index < -0.39 is 0 Å². The summed E-state index contributed by atoms with van der Waals surface area (Å²) >= 11 is 0. The van der Waals surface area contributed by atoms with Gasteiger partial charge in [0.25, 0.3) is 0 Å². The van der Waals surface area contributed by atoms with Crippen molar-refractivity contribution in [1.29, 1.82) is 0 Å². The maximum Gasteiger partial charge on any atom is 0.317 e. The molecular weight excluding hydrogens is 270 g/mol. The number of pyridine rings is 1. The number of nitrogens with one attached hydrogen (secondary N) is 1. The summed E-state index contributed by atoms with van der Waals surface area (Å²) in [6.45, 7) is 0.872. The van der Waals surface area contributed by atoms with E-state index in [0.717, 1.165) is 11.1 Å². The highest BCUT2D eigenvalue weighted by atomic mass is 16.5. The van der Waals surface area contributed by atoms with Crippen LogP contribution in [0.25, 0.3) is 0 Å². The van der Waals surface area contributed by atoms with E-state index in [2.05, 4.69) is 15.4 Å². The number of nitrogens with zero attached hydrogens (tertiary/aromatic N) is 4. The second-order valence-electron chi connectivity index (χ2n) is 4.71. The quantitative estimate of drug-likeness (QED) is 0.896. The molecule has 0 aliphatic heterocycles. The molecule has 0 saturated carbocycles. The predicted octanol–water partition coefficient (Wildman–Crippen LogP) is 1.17. The number of ether oxygens (including phenoxy) is 1. The topological polar surface area (TPSA) is 72.3 Å². The Morgan fingerprint density at radius 2 is 2.33 bits per heavy atom. The number of hydrogen-bond donors (Lipinski definition) is 1. The fourth-order valence-corrected chi connectivity index (χ4v) is 1.95. The maximum absolute atomic E-state index is 12.1. The van der Waals surface area contributed by atoms with Gasteiger partial charge in [-0.3, -0.25) is 4.68 Å². The Balaban J connectivity index is 1.89. The van der Waals surface area contributed by atoms with Crippen molar-refractivity contribution in [3.8, 4) is 5.88 Å². The van der Waals surface area contributed by atoms with Crippen LogP contribution in [-0.4, -0.2) is 39.9 Å². The van der Waals surface area contributed by atoms with Crippen LogP contribution in [0.1, 0.15) is 11.1 Å². The average molecular weight is 289 g/mol. The van der Waals surface area contributed by atoms with Gasteiger partial charge in [0.2, 0.25) is 5.88 Å². The van der Waals surface area contributed by atoms with E-state index in [0.29, 0.717) is 19.0 Å². The van der Waals surface area contributed by atoms with Crippen molar-refractivity contribution in [1.82, 2.24) is 25.0 Å². The van der Waals surface area contributed by atoms with Gasteiger partial charge in [-0.25, -0.2) is 9.78 Å². The smallest absolute Gasteiger partial charge is 0.317 e. The molecule has 2 amide bonds. The van der Waals surface area contributed by atoms with Gasteiger partial charge in [0.05, 0.1) is 19.9 Å². The lowest BCUT2D eigenvalue weighted by molar-refractivity contribution is 0.206. The first-order valence-electron chi connectivity index (χ1n) is 6.54. The molecule has 7 nitrogen and oxygen atoms in total. The zero-order valence-electron chi connectivity index (χ0n) is 12.4. The number of amides is 2. The molecule has 7 heteroatoms. The van der Waals surface area contributed by atoms with Crippen LogP contribution >= 0.6 is 0 Å². The molecule has 2 rings (SSSR count). The van der Waals surface area contributed by atoms with Crippen molar-refractivity contribution in [2.24, 2.45) is 7.05 Å². The Morgan fingerprint density at radius 3 is 3.00 bits per heavy atom. The lowest BCUT2D eigenvalue weighted by Gasteiger charge is -2.17. The molecule has 0 radical (unpaired) electrons. The first-order valence-corrected chi connectivity index (χ1v) is 6.54. The van der Waals surface area contributed by atoms with E-state index >= 15 is 0 Å². The van der Waals surface area contributed by atoms with Crippen LogP contribution in [0.15, 0.2) is 30.7 Å². The van der Waals surface area contributed by atoms with E-state index in [9.17, 15) is 4.79 Å². The molecule has 21 heavy (non-hydrogen) atoms. The molecular formula is C14H19N5O2. The van der Waals surface area contributed by atoms with Gasteiger partial charge in [0, 0.05) is 44.2 Å². The Morgan fingerprint density at radius 1 is 1.52 bits per heavy atom. The molecule has 0 spiro atoms. The summed E-state index contributed by atoms with van der Waals surface area (Å²) in [5.41, 5.74) is 1.82. The number of carbonyl (C=O) groups excluding carboxylic acids is 1. The van der Waals surface area contributed by atoms with E-state index in [1.807, 2.05) is 25.4 Å². The van der Waals surface area contributed by atoms with Gasteiger partial charge in [0.1, 0.15) is 0 Å². The molecule has 2 aromatic heterocycles. The number of urea groups is 1. The van der Waals surface area contributed by atoms with Crippen molar-refractivity contribution >= 4 is 6.03 Å². The van der Waals surface area contributed by atoms with Crippen molar-refractivity contribution in [2.75, 3.05) is 14.2 Å². The number of aromatic nitrogens is 3. The maximum atomic E-state index is 12.1. The minimum absolute atomic E-state index is 0.162. The van der Waals surface area contributed by atoms with Crippen LogP contribution in [0.5, 0.6) is 5.88 Å². The summed E-state index contributed by atoms with van der Waals surface area (Å²) < 4.78 is 6.86. The van der Waals surface area contributed by atoms with Crippen LogP contribution < -0.4 is 10.1 Å². The van der Waals surface area contributed by atoms with Gasteiger partial charge < -0.3 is 15.0 Å². The van der Waals surface area contributed by atoms with Gasteiger partial charge >= 0.3 is 6.03 Å². The molecule has 0 aliphatic carbocycles. The molecule has 0 atom stereocenters. The van der Waals surface area contributed by atoms with Crippen molar-refractivity contribution < 1.29 is 9.53 Å². The number of methoxy groups -OCH3 is 1. The van der Waals surface area contributed by atoms with Crippen molar-refractivity contribution in [3.63, 3.8) is 0 Å². The number of aryl methyl sites for hydroxylation is 1. The van der Waals surface area contributed by atoms with Crippen molar-refractivity contribution in [2.45, 2.75) is 13.1 Å². The van der Waals surface area contributed by atoms with Gasteiger partial charge in [-0.2, -0.15) is 5.10 Å². The minimum Gasteiger partial charge on any atom is -0.481 e. The van der Waals surface area contributed by atoms with Crippen LogP contribution in [0.3, 0.4) is 0 Å². The predicted molar refractivity (Wildman–Crippen MR) is 77.7 cm³/mol. The fourth-order valence-electron chi connectivity index (χ4n) is 1.95. The monoisotopic (exact) mass is 289 g/mol. The minimum atomic E-state index is -0.162. The Bertz CT molecular complexity index is 611. The van der Waals surface area contributed by atoms with Crippen LogP contribution in [0.2, 0.25) is 0 Å². The molecule has 0 fully saturated rings. The summed E-state index contributed by atoms with van der Waals surface area (Å²) in [5.74, 6) is 0.521. The molecule has 0 saturated heterocycles. The lowest BCUT2D eigenvalue weighted by Crippen LogP contribution is -2.36. The van der Waals surface area contributed by atoms with Crippen LogP contribution in [-0.2, 0) is 20.1 Å². The summed E-state index contributed by atoms with van der Waals surface area (Å²) in [6, 6.07) is 3.51. The third-order valence-electron chi connectivity index (χ3n) is 3.00. The molecule has 0 aliphatic rings. The molecule has 2 heterocycles. The van der Waals surface area contributed by atoms with E-state index in [4.69, 9.17) is 4.74 Å². The zero-order valence-corrected chi connectivity index (χ0v) is 12.4. The highest BCUT2D eigenvalue weighted by Crippen LogP contribution is 2.13. The first-order chi connectivity index (χ1) is 10.1. The Hall–Kier alpha value is -2.57. The third-order valence-corrected chi connectivity index (χ3v) is 3.00. The largest absolute Gasteiger partial charge is 0.481 e. The summed E-state index contributed by atoms with van der Waals surface area (Å²) in [6.07, 6.45) is 5.28. The lowest BCUT2D eigenvalue weighted by atomic mass is 10.2. The Kier molecular flexibility index (Phi) is 4.76. The second kappa shape index (κ2) is 6.74. The molecule has 0 unspecified atom stereocenters. The molecule has 2 aromatic rings. The normalized spacial score (nSPS) is 10.2. The second-order valence-corrected chi connectivity index (χ2v) is 4.71. The van der Waals surface area contributed by atoms with E-state index in [-0.39, 0.29) is 6.03 Å². The first kappa shape index (κ1) is 14.8. The summed E-state index contributed by atoms with van der Waals surface area (Å²) in [5, 5.41) is 6.92. The standard InChI is InChI=1S/C14H19N5O2/c1-18(9-11-7-17-19(2)10-11)14(20)16-8-12-5-4-6-15-13(12)21-3/h4-7,10H,8-9H2,1-3H3,(H,16,20). The fraction of sp³-hybridized carbons (Fsp3) is 0.357. The van der Waals surface area contributed by atoms with Crippen LogP contribution in [0, 0.1) is 0 Å². The highest BCUT2D eigenvalue weighted by molar-refractivity contribution is 5.73. The van der Waals surface area contributed by atoms with Gasteiger partial charge in [-0.05, 0) is 6.07 Å². The number of rotatable bonds is 5. The molecule has 0 bridgehead atoms. The Labute approximate surface area is 123 Å². The van der Waals surface area contributed by atoms with Crippen molar-refractivity contribution in [3.05, 3.63) is 41.9 Å². The SMILES string of the molecule is COc1ncccc1CNC(=O)N(C)Cc1cnn(C)c1. The van der Waals surface area contributed by atoms with Gasteiger partial charge in [0.15, 0.2) is 0 Å². The molecule has 0 aromatic carbocycles. The zero-order chi connectivity index (χ0) is 15.2. The average Bonchev–Trinajstić information content (AvgIpc) is 2.90. The van der Waals surface area contributed by atoms with Gasteiger partial charge in [-0.1, -0.05) is 6.07 Å². The van der Waals surface area contributed by atoms with Crippen LogP contribution in [0.4, 0.5) is 4.79 Å². The number of carbonyl (C=O) groups is 1. The third kappa shape index (κ3) is 3.95. The number of hydrogen-bond acceptors (Lipinski definition) is 4. The highest BCUT2D eigenvalue weighted by Gasteiger charge is 2.11. The summed E-state index contributed by atoms with van der Waals surface area (Å²) in [7, 11) is 5.14. The van der Waals surface area contributed by atoms with E-state index in [1.165, 1.54) is 0 Å². The van der Waals surface area contributed by atoms with E-state index in [1.54, 1.807) is 36.1 Å².